The van der Waals surface area contributed by atoms with E-state index in [9.17, 15) is 10.2 Å². The number of aryl methyl sites for hydroxylation is 2. The van der Waals surface area contributed by atoms with E-state index in [1.807, 2.05) is 13.8 Å². The van der Waals surface area contributed by atoms with Crippen LogP contribution in [0.25, 0.3) is 0 Å². The van der Waals surface area contributed by atoms with Gasteiger partial charge in [0.25, 0.3) is 0 Å². The van der Waals surface area contributed by atoms with Crippen molar-refractivity contribution < 1.29 is 10.2 Å². The van der Waals surface area contributed by atoms with Gasteiger partial charge in [0.15, 0.2) is 0 Å². The van der Waals surface area contributed by atoms with Crippen molar-refractivity contribution in [3.8, 4) is 5.75 Å². The third kappa shape index (κ3) is 4.93. The number of phenolic OH excluding ortho intramolecular Hbond substituents is 1. The lowest BCUT2D eigenvalue weighted by molar-refractivity contribution is 0.0477. The Balaban J connectivity index is 2.02. The van der Waals surface area contributed by atoms with Gasteiger partial charge in [-0.15, -0.1) is 0 Å². The van der Waals surface area contributed by atoms with E-state index in [0.717, 1.165) is 50.3 Å². The van der Waals surface area contributed by atoms with Crippen LogP contribution in [0.15, 0.2) is 12.1 Å². The number of aliphatic hydroxyl groups is 1. The zero-order valence-electron chi connectivity index (χ0n) is 15.0. The molecule has 4 nitrogen and oxygen atoms in total. The molecule has 1 aliphatic heterocycles. The highest BCUT2D eigenvalue weighted by Gasteiger charge is 2.27. The van der Waals surface area contributed by atoms with Crippen LogP contribution in [0.5, 0.6) is 5.75 Å². The van der Waals surface area contributed by atoms with E-state index in [2.05, 4.69) is 35.8 Å². The summed E-state index contributed by atoms with van der Waals surface area (Å²) in [7, 11) is 0. The minimum Gasteiger partial charge on any atom is -0.507 e. The van der Waals surface area contributed by atoms with E-state index >= 15 is 0 Å². The van der Waals surface area contributed by atoms with Crippen LogP contribution in [0.2, 0.25) is 0 Å². The van der Waals surface area contributed by atoms with Gasteiger partial charge < -0.3 is 10.2 Å². The van der Waals surface area contributed by atoms with Crippen LogP contribution in [-0.4, -0.2) is 58.8 Å². The molecule has 1 heterocycles. The SMILES string of the molecule is Cc1cc(CN2CCN(CC(C)C)C(CCO)C2)cc(C)c1O. The van der Waals surface area contributed by atoms with Crippen LogP contribution in [0.3, 0.4) is 0 Å². The number of phenols is 1. The molecule has 1 aromatic rings. The first-order valence-corrected chi connectivity index (χ1v) is 8.77. The monoisotopic (exact) mass is 320 g/mol. The number of nitrogens with zero attached hydrogens (tertiary/aromatic N) is 2. The number of hydrogen-bond acceptors (Lipinski definition) is 4. The van der Waals surface area contributed by atoms with Crippen molar-refractivity contribution in [1.29, 1.82) is 0 Å². The molecule has 2 N–H and O–H groups in total. The maximum Gasteiger partial charge on any atom is 0.121 e. The predicted octanol–water partition coefficient (Wildman–Crippen LogP) is 2.53. The van der Waals surface area contributed by atoms with E-state index in [1.54, 1.807) is 0 Å². The quantitative estimate of drug-likeness (QED) is 0.845. The van der Waals surface area contributed by atoms with Crippen LogP contribution in [0.1, 0.15) is 37.0 Å². The second-order valence-corrected chi connectivity index (χ2v) is 7.37. The van der Waals surface area contributed by atoms with Gasteiger partial charge in [0.2, 0.25) is 0 Å². The molecular formula is C19H32N2O2. The summed E-state index contributed by atoms with van der Waals surface area (Å²) in [6.07, 6.45) is 0.844. The highest BCUT2D eigenvalue weighted by atomic mass is 16.3. The van der Waals surface area contributed by atoms with E-state index in [1.165, 1.54) is 5.56 Å². The summed E-state index contributed by atoms with van der Waals surface area (Å²) in [4.78, 5) is 5.01. The Morgan fingerprint density at radius 3 is 2.39 bits per heavy atom. The van der Waals surface area contributed by atoms with Crippen LogP contribution in [0, 0.1) is 19.8 Å². The molecule has 1 saturated heterocycles. The van der Waals surface area contributed by atoms with Crippen LogP contribution >= 0.6 is 0 Å². The number of hydrogen-bond donors (Lipinski definition) is 2. The van der Waals surface area contributed by atoms with Gasteiger partial charge in [-0.05, 0) is 42.9 Å². The van der Waals surface area contributed by atoms with Gasteiger partial charge in [0, 0.05) is 45.4 Å². The molecule has 0 bridgehead atoms. The predicted molar refractivity (Wildman–Crippen MR) is 94.8 cm³/mol. The molecular weight excluding hydrogens is 288 g/mol. The fourth-order valence-electron chi connectivity index (χ4n) is 3.63. The molecule has 2 rings (SSSR count). The van der Waals surface area contributed by atoms with Crippen molar-refractivity contribution in [2.45, 2.75) is 46.7 Å². The lowest BCUT2D eigenvalue weighted by Gasteiger charge is -2.42. The number of aromatic hydroxyl groups is 1. The minimum absolute atomic E-state index is 0.254. The first-order valence-electron chi connectivity index (χ1n) is 8.77. The molecule has 1 aromatic carbocycles. The van der Waals surface area contributed by atoms with Crippen LogP contribution in [-0.2, 0) is 6.54 Å². The summed E-state index contributed by atoms with van der Waals surface area (Å²) in [5.74, 6) is 1.07. The molecule has 23 heavy (non-hydrogen) atoms. The number of aliphatic hydroxyl groups excluding tert-OH is 1. The second-order valence-electron chi connectivity index (χ2n) is 7.37. The molecule has 1 atom stereocenters. The molecule has 0 spiro atoms. The van der Waals surface area contributed by atoms with Gasteiger partial charge in [-0.3, -0.25) is 9.80 Å². The van der Waals surface area contributed by atoms with Gasteiger partial charge in [-0.1, -0.05) is 26.0 Å². The van der Waals surface area contributed by atoms with Gasteiger partial charge >= 0.3 is 0 Å². The lowest BCUT2D eigenvalue weighted by Crippen LogP contribution is -2.53. The Kier molecular flexibility index (Phi) is 6.45. The summed E-state index contributed by atoms with van der Waals surface area (Å²) >= 11 is 0. The van der Waals surface area contributed by atoms with Gasteiger partial charge in [0.1, 0.15) is 5.75 Å². The number of piperazine rings is 1. The van der Waals surface area contributed by atoms with Gasteiger partial charge in [-0.25, -0.2) is 0 Å². The third-order valence-corrected chi connectivity index (χ3v) is 4.71. The smallest absolute Gasteiger partial charge is 0.121 e. The summed E-state index contributed by atoms with van der Waals surface area (Å²) in [6.45, 7) is 13.8. The van der Waals surface area contributed by atoms with Crippen molar-refractivity contribution >= 4 is 0 Å². The average Bonchev–Trinajstić information content (AvgIpc) is 2.47. The number of rotatable bonds is 6. The molecule has 0 aliphatic carbocycles. The molecule has 1 fully saturated rings. The molecule has 0 saturated carbocycles. The Hall–Kier alpha value is -1.10. The van der Waals surface area contributed by atoms with E-state index in [0.29, 0.717) is 17.7 Å². The summed E-state index contributed by atoms with van der Waals surface area (Å²) in [5.41, 5.74) is 3.16. The van der Waals surface area contributed by atoms with E-state index < -0.39 is 0 Å². The fraction of sp³-hybridized carbons (Fsp3) is 0.684. The molecule has 130 valence electrons. The van der Waals surface area contributed by atoms with Crippen molar-refractivity contribution in [1.82, 2.24) is 9.80 Å². The molecule has 0 aromatic heterocycles. The normalized spacial score (nSPS) is 20.3. The third-order valence-electron chi connectivity index (χ3n) is 4.71. The first kappa shape index (κ1) is 18.2. The van der Waals surface area contributed by atoms with Crippen molar-refractivity contribution in [2.75, 3.05) is 32.8 Å². The standard InChI is InChI=1S/C19H32N2O2/c1-14(2)11-21-7-6-20(13-18(21)5-8-22)12-17-9-15(3)19(23)16(4)10-17/h9-10,14,18,22-23H,5-8,11-13H2,1-4H3. The first-order chi connectivity index (χ1) is 10.9. The van der Waals surface area contributed by atoms with Crippen LogP contribution < -0.4 is 0 Å². The highest BCUT2D eigenvalue weighted by Crippen LogP contribution is 2.24. The fourth-order valence-corrected chi connectivity index (χ4v) is 3.63. The van der Waals surface area contributed by atoms with Crippen molar-refractivity contribution in [3.63, 3.8) is 0 Å². The molecule has 4 heteroatoms. The summed E-state index contributed by atoms with van der Waals surface area (Å²) in [5, 5.41) is 19.3. The molecule has 1 unspecified atom stereocenters. The topological polar surface area (TPSA) is 46.9 Å². The minimum atomic E-state index is 0.254. The Morgan fingerprint density at radius 1 is 1.17 bits per heavy atom. The van der Waals surface area contributed by atoms with Gasteiger partial charge in [0.05, 0.1) is 0 Å². The van der Waals surface area contributed by atoms with E-state index in [4.69, 9.17) is 0 Å². The molecule has 0 radical (unpaired) electrons. The van der Waals surface area contributed by atoms with Crippen LogP contribution in [0.4, 0.5) is 0 Å². The Morgan fingerprint density at radius 2 is 1.83 bits per heavy atom. The summed E-state index contributed by atoms with van der Waals surface area (Å²) in [6, 6.07) is 4.61. The van der Waals surface area contributed by atoms with Gasteiger partial charge in [-0.2, -0.15) is 0 Å². The largest absolute Gasteiger partial charge is 0.507 e. The molecule has 1 aliphatic rings. The zero-order chi connectivity index (χ0) is 17.0. The Bertz CT molecular complexity index is 493. The zero-order valence-corrected chi connectivity index (χ0v) is 15.0. The highest BCUT2D eigenvalue weighted by molar-refractivity contribution is 5.42. The second kappa shape index (κ2) is 8.13. The maximum absolute atomic E-state index is 9.92. The maximum atomic E-state index is 9.92. The lowest BCUT2D eigenvalue weighted by atomic mass is 10.0. The van der Waals surface area contributed by atoms with Crippen molar-refractivity contribution in [3.05, 3.63) is 28.8 Å². The summed E-state index contributed by atoms with van der Waals surface area (Å²) < 4.78 is 0. The number of benzene rings is 1. The van der Waals surface area contributed by atoms with E-state index in [-0.39, 0.29) is 6.61 Å². The molecule has 0 amide bonds. The van der Waals surface area contributed by atoms with Crippen molar-refractivity contribution in [2.24, 2.45) is 5.92 Å². The average molecular weight is 320 g/mol. The Labute approximate surface area is 140 Å².